The Morgan fingerprint density at radius 3 is 2.72 bits per heavy atom. The van der Waals surface area contributed by atoms with Gasteiger partial charge in [0.1, 0.15) is 5.75 Å². The summed E-state index contributed by atoms with van der Waals surface area (Å²) in [6.07, 6.45) is 7.33. The van der Waals surface area contributed by atoms with E-state index in [9.17, 15) is 4.79 Å². The fourth-order valence-corrected chi connectivity index (χ4v) is 6.69. The third kappa shape index (κ3) is 3.05. The first-order valence-corrected chi connectivity index (χ1v) is 11.6. The van der Waals surface area contributed by atoms with Gasteiger partial charge in [-0.1, -0.05) is 39.0 Å². The lowest BCUT2D eigenvalue weighted by Crippen LogP contribution is -2.52. The van der Waals surface area contributed by atoms with Gasteiger partial charge in [-0.05, 0) is 60.6 Å². The first-order valence-electron chi connectivity index (χ1n) is 11.6. The number of ether oxygens (including phenoxy) is 1. The van der Waals surface area contributed by atoms with E-state index in [1.54, 1.807) is 13.3 Å². The van der Waals surface area contributed by atoms with Crippen molar-refractivity contribution in [3.8, 4) is 5.75 Å². The Bertz CT molecular complexity index is 1180. The molecule has 0 aliphatic heterocycles. The Hall–Kier alpha value is -2.82. The quantitative estimate of drug-likeness (QED) is 0.593. The Balaban J connectivity index is 1.58. The summed E-state index contributed by atoms with van der Waals surface area (Å²) in [6, 6.07) is 10.2. The summed E-state index contributed by atoms with van der Waals surface area (Å²) in [5.74, 6) is 1.49. The first kappa shape index (κ1) is 21.0. The molecular weight excluding hydrogens is 398 g/mol. The van der Waals surface area contributed by atoms with Crippen LogP contribution >= 0.6 is 0 Å². The minimum absolute atomic E-state index is 0.0255. The molecular formula is C27H33N3O2. The van der Waals surface area contributed by atoms with Crippen molar-refractivity contribution in [3.05, 3.63) is 59.5 Å². The Labute approximate surface area is 190 Å². The summed E-state index contributed by atoms with van der Waals surface area (Å²) in [6.45, 7) is 9.69. The molecule has 3 aromatic rings. The summed E-state index contributed by atoms with van der Waals surface area (Å²) in [5, 5.41) is 4.44. The highest BCUT2D eigenvalue weighted by Gasteiger charge is 2.59. The summed E-state index contributed by atoms with van der Waals surface area (Å²) >= 11 is 0. The van der Waals surface area contributed by atoms with Gasteiger partial charge in [-0.15, -0.1) is 0 Å². The standard InChI is InChI=1S/C27H33N3O2/c1-17-22(24(31)29-25-26(2,3)19-11-12-27(25,4)14-19)20-9-6-10-21(32-5)23(20)30(17)16-18-8-7-13-28-15-18/h6-10,13,15,19,25H,11-12,14,16H2,1-5H3,(H,29,31)/t19-,25?,27?/m0/s1. The molecule has 5 heteroatoms. The van der Waals surface area contributed by atoms with Crippen LogP contribution in [-0.2, 0) is 6.54 Å². The monoisotopic (exact) mass is 431 g/mol. The number of carbonyl (C=O) groups excluding carboxylic acids is 1. The molecule has 5 rings (SSSR count). The number of nitrogens with one attached hydrogen (secondary N) is 1. The molecule has 0 radical (unpaired) electrons. The number of benzene rings is 1. The molecule has 2 fully saturated rings. The second-order valence-electron chi connectivity index (χ2n) is 10.6. The van der Waals surface area contributed by atoms with Crippen LogP contribution in [-0.4, -0.2) is 28.6 Å². The van der Waals surface area contributed by atoms with Gasteiger partial charge in [0.15, 0.2) is 0 Å². The van der Waals surface area contributed by atoms with Crippen molar-refractivity contribution in [1.82, 2.24) is 14.9 Å². The van der Waals surface area contributed by atoms with Crippen LogP contribution in [0.2, 0.25) is 0 Å². The van der Waals surface area contributed by atoms with Gasteiger partial charge in [0.05, 0.1) is 18.2 Å². The lowest BCUT2D eigenvalue weighted by atomic mass is 9.68. The topological polar surface area (TPSA) is 56.1 Å². The number of methoxy groups -OCH3 is 1. The smallest absolute Gasteiger partial charge is 0.253 e. The number of amides is 1. The molecule has 2 aliphatic rings. The predicted octanol–water partition coefficient (Wildman–Crippen LogP) is 5.35. The van der Waals surface area contributed by atoms with Gasteiger partial charge in [-0.25, -0.2) is 0 Å². The van der Waals surface area contributed by atoms with E-state index in [1.165, 1.54) is 19.3 Å². The third-order valence-corrected chi connectivity index (χ3v) is 8.36. The highest BCUT2D eigenvalue weighted by atomic mass is 16.5. The van der Waals surface area contributed by atoms with Crippen LogP contribution in [0.15, 0.2) is 42.7 Å². The summed E-state index contributed by atoms with van der Waals surface area (Å²) in [4.78, 5) is 18.1. The zero-order chi connectivity index (χ0) is 22.7. The SMILES string of the molecule is COc1cccc2c(C(=O)NC3C4(C)CC[C@@H](C4)C3(C)C)c(C)n(Cc3cccnc3)c12. The van der Waals surface area contributed by atoms with Gasteiger partial charge >= 0.3 is 0 Å². The molecule has 1 aromatic carbocycles. The van der Waals surface area contributed by atoms with Gasteiger partial charge < -0.3 is 14.6 Å². The summed E-state index contributed by atoms with van der Waals surface area (Å²) in [7, 11) is 1.68. The Kier molecular flexibility index (Phi) is 4.84. The number of nitrogens with zero attached hydrogens (tertiary/aromatic N) is 2. The van der Waals surface area contributed by atoms with Gasteiger partial charge in [-0.2, -0.15) is 0 Å². The van der Waals surface area contributed by atoms with E-state index in [0.29, 0.717) is 12.5 Å². The average Bonchev–Trinajstić information content (AvgIpc) is 3.36. The molecule has 2 aliphatic carbocycles. The fourth-order valence-electron chi connectivity index (χ4n) is 6.69. The minimum Gasteiger partial charge on any atom is -0.495 e. The largest absolute Gasteiger partial charge is 0.495 e. The fraction of sp³-hybridized carbons (Fsp3) is 0.481. The van der Waals surface area contributed by atoms with Crippen LogP contribution in [0, 0.1) is 23.7 Å². The number of rotatable bonds is 5. The Morgan fingerprint density at radius 2 is 2.06 bits per heavy atom. The van der Waals surface area contributed by atoms with Crippen LogP contribution in [0.1, 0.15) is 61.6 Å². The van der Waals surface area contributed by atoms with Crippen molar-refractivity contribution in [2.75, 3.05) is 7.11 Å². The molecule has 1 N–H and O–H groups in total. The highest BCUT2D eigenvalue weighted by molar-refractivity contribution is 6.10. The van der Waals surface area contributed by atoms with Crippen molar-refractivity contribution < 1.29 is 9.53 Å². The van der Waals surface area contributed by atoms with E-state index in [4.69, 9.17) is 4.74 Å². The predicted molar refractivity (Wildman–Crippen MR) is 127 cm³/mol. The maximum atomic E-state index is 13.8. The molecule has 3 atom stereocenters. The van der Waals surface area contributed by atoms with Crippen molar-refractivity contribution >= 4 is 16.8 Å². The molecule has 0 saturated heterocycles. The van der Waals surface area contributed by atoms with Gasteiger partial charge in [0.2, 0.25) is 0 Å². The van der Waals surface area contributed by atoms with Crippen LogP contribution in [0.4, 0.5) is 0 Å². The minimum atomic E-state index is 0.0255. The van der Waals surface area contributed by atoms with E-state index in [0.717, 1.165) is 33.5 Å². The van der Waals surface area contributed by atoms with Gasteiger partial charge in [0.25, 0.3) is 5.91 Å². The van der Waals surface area contributed by atoms with E-state index < -0.39 is 0 Å². The maximum Gasteiger partial charge on any atom is 0.253 e. The second kappa shape index (κ2) is 7.36. The molecule has 2 saturated carbocycles. The molecule has 2 heterocycles. The molecule has 32 heavy (non-hydrogen) atoms. The second-order valence-corrected chi connectivity index (χ2v) is 10.6. The normalized spacial score (nSPS) is 25.9. The van der Waals surface area contributed by atoms with Crippen molar-refractivity contribution in [1.29, 1.82) is 0 Å². The van der Waals surface area contributed by atoms with Gasteiger partial charge in [-0.3, -0.25) is 9.78 Å². The molecule has 1 amide bonds. The molecule has 0 spiro atoms. The van der Waals surface area contributed by atoms with Crippen LogP contribution in [0.25, 0.3) is 10.9 Å². The molecule has 5 nitrogen and oxygen atoms in total. The van der Waals surface area contributed by atoms with Crippen LogP contribution in [0.3, 0.4) is 0 Å². The van der Waals surface area contributed by atoms with Crippen molar-refractivity contribution in [3.63, 3.8) is 0 Å². The van der Waals surface area contributed by atoms with Crippen molar-refractivity contribution in [2.45, 2.75) is 59.5 Å². The van der Waals surface area contributed by atoms with Crippen LogP contribution < -0.4 is 10.1 Å². The number of aromatic nitrogens is 2. The number of hydrogen-bond acceptors (Lipinski definition) is 3. The highest BCUT2D eigenvalue weighted by Crippen LogP contribution is 2.62. The zero-order valence-corrected chi connectivity index (χ0v) is 19.7. The zero-order valence-electron chi connectivity index (χ0n) is 19.7. The average molecular weight is 432 g/mol. The lowest BCUT2D eigenvalue weighted by molar-refractivity contribution is 0.0738. The van der Waals surface area contributed by atoms with Crippen LogP contribution in [0.5, 0.6) is 5.75 Å². The number of carbonyl (C=O) groups is 1. The van der Waals surface area contributed by atoms with E-state index in [1.807, 2.05) is 37.4 Å². The van der Waals surface area contributed by atoms with E-state index in [-0.39, 0.29) is 22.8 Å². The maximum absolute atomic E-state index is 13.8. The summed E-state index contributed by atoms with van der Waals surface area (Å²) < 4.78 is 7.90. The first-order chi connectivity index (χ1) is 15.3. The Morgan fingerprint density at radius 1 is 1.25 bits per heavy atom. The summed E-state index contributed by atoms with van der Waals surface area (Å²) in [5.41, 5.74) is 4.06. The van der Waals surface area contributed by atoms with E-state index >= 15 is 0 Å². The number of fused-ring (bicyclic) bond motifs is 3. The molecule has 2 bridgehead atoms. The lowest BCUT2D eigenvalue weighted by Gasteiger charge is -2.43. The molecule has 2 aromatic heterocycles. The number of pyridine rings is 1. The number of hydrogen-bond donors (Lipinski definition) is 1. The third-order valence-electron chi connectivity index (χ3n) is 8.36. The van der Waals surface area contributed by atoms with E-state index in [2.05, 4.69) is 41.7 Å². The number of para-hydroxylation sites is 1. The van der Waals surface area contributed by atoms with Crippen molar-refractivity contribution in [2.24, 2.45) is 16.7 Å². The van der Waals surface area contributed by atoms with Gasteiger partial charge in [0, 0.05) is 36.1 Å². The molecule has 2 unspecified atom stereocenters. The molecule has 168 valence electrons.